The predicted octanol–water partition coefficient (Wildman–Crippen LogP) is 1.83. The maximum Gasteiger partial charge on any atom is 0.410 e. The Morgan fingerprint density at radius 2 is 2.05 bits per heavy atom. The summed E-state index contributed by atoms with van der Waals surface area (Å²) in [6.07, 6.45) is 0.472. The molecule has 8 heteroatoms. The first-order chi connectivity index (χ1) is 9.83. The number of carbonyl (C=O) groups is 1. The van der Waals surface area contributed by atoms with E-state index in [9.17, 15) is 4.79 Å². The number of rotatable bonds is 3. The highest BCUT2D eigenvalue weighted by atomic mass is 32.1. The molecule has 1 aliphatic rings. The van der Waals surface area contributed by atoms with Crippen molar-refractivity contribution in [1.82, 2.24) is 20.0 Å². The maximum atomic E-state index is 11.9. The van der Waals surface area contributed by atoms with Crippen molar-refractivity contribution >= 4 is 18.3 Å². The summed E-state index contributed by atoms with van der Waals surface area (Å²) in [5.74, 6) is 0.620. The standard InChI is InChI=1S/C13H22N4O3S/c1-13(2,3)20-12(18)17-8-6-16(7-9-17)5-4-10-14-15-11(21)19-10/h4-9H2,1-3H3,(H,15,21). The molecule has 1 saturated heterocycles. The zero-order valence-electron chi connectivity index (χ0n) is 12.7. The minimum Gasteiger partial charge on any atom is -0.444 e. The molecule has 0 atom stereocenters. The van der Waals surface area contributed by atoms with E-state index in [1.54, 1.807) is 4.90 Å². The molecule has 118 valence electrons. The van der Waals surface area contributed by atoms with Crippen molar-refractivity contribution in [2.24, 2.45) is 0 Å². The summed E-state index contributed by atoms with van der Waals surface area (Å²) in [4.78, 5) is 16.3. The van der Waals surface area contributed by atoms with Crippen molar-refractivity contribution in [3.63, 3.8) is 0 Å². The van der Waals surface area contributed by atoms with Crippen molar-refractivity contribution < 1.29 is 13.9 Å². The molecule has 1 aromatic rings. The lowest BCUT2D eigenvalue weighted by Crippen LogP contribution is -2.50. The smallest absolute Gasteiger partial charge is 0.410 e. The fourth-order valence-electron chi connectivity index (χ4n) is 2.10. The quantitative estimate of drug-likeness (QED) is 0.858. The molecule has 0 aromatic carbocycles. The Labute approximate surface area is 129 Å². The van der Waals surface area contributed by atoms with Crippen molar-refractivity contribution in [3.8, 4) is 0 Å². The van der Waals surface area contributed by atoms with Crippen LogP contribution in [0.1, 0.15) is 26.7 Å². The van der Waals surface area contributed by atoms with Crippen LogP contribution in [0, 0.1) is 4.84 Å². The van der Waals surface area contributed by atoms with Gasteiger partial charge in [-0.1, -0.05) is 0 Å². The first kappa shape index (κ1) is 16.0. The topological polar surface area (TPSA) is 74.6 Å². The highest BCUT2D eigenvalue weighted by Crippen LogP contribution is 2.12. The Kier molecular flexibility index (Phi) is 5.00. The van der Waals surface area contributed by atoms with Gasteiger partial charge in [-0.25, -0.2) is 9.89 Å². The number of nitrogens with one attached hydrogen (secondary N) is 1. The highest BCUT2D eigenvalue weighted by Gasteiger charge is 2.25. The summed E-state index contributed by atoms with van der Waals surface area (Å²) in [6.45, 7) is 9.48. The second kappa shape index (κ2) is 6.57. The lowest BCUT2D eigenvalue weighted by molar-refractivity contribution is 0.0145. The third kappa shape index (κ3) is 5.13. The zero-order chi connectivity index (χ0) is 15.5. The summed E-state index contributed by atoms with van der Waals surface area (Å²) in [5.41, 5.74) is -0.447. The van der Waals surface area contributed by atoms with Gasteiger partial charge in [0.15, 0.2) is 0 Å². The first-order valence-electron chi connectivity index (χ1n) is 7.08. The van der Waals surface area contributed by atoms with E-state index in [4.69, 9.17) is 21.4 Å². The van der Waals surface area contributed by atoms with Crippen LogP contribution in [0.2, 0.25) is 0 Å². The number of carbonyl (C=O) groups excluding carboxylic acids is 1. The van der Waals surface area contributed by atoms with Gasteiger partial charge in [0, 0.05) is 39.1 Å². The third-order valence-electron chi connectivity index (χ3n) is 3.15. The Morgan fingerprint density at radius 3 is 2.57 bits per heavy atom. The van der Waals surface area contributed by atoms with Crippen LogP contribution < -0.4 is 0 Å². The van der Waals surface area contributed by atoms with Crippen molar-refractivity contribution in [1.29, 1.82) is 0 Å². The van der Waals surface area contributed by atoms with Gasteiger partial charge in [0.1, 0.15) is 5.60 Å². The van der Waals surface area contributed by atoms with Gasteiger partial charge < -0.3 is 14.1 Å². The van der Waals surface area contributed by atoms with Gasteiger partial charge in [-0.3, -0.25) is 4.90 Å². The number of hydrogen-bond acceptors (Lipinski definition) is 6. The normalized spacial score (nSPS) is 17.0. The van der Waals surface area contributed by atoms with Crippen LogP contribution in [-0.2, 0) is 11.2 Å². The summed E-state index contributed by atoms with van der Waals surface area (Å²) >= 11 is 4.83. The average molecular weight is 314 g/mol. The lowest BCUT2D eigenvalue weighted by atomic mass is 10.2. The summed E-state index contributed by atoms with van der Waals surface area (Å²) in [5, 5.41) is 6.59. The molecule has 0 spiro atoms. The van der Waals surface area contributed by atoms with E-state index >= 15 is 0 Å². The monoisotopic (exact) mass is 314 g/mol. The largest absolute Gasteiger partial charge is 0.444 e. The van der Waals surface area contributed by atoms with Gasteiger partial charge in [0.2, 0.25) is 5.89 Å². The number of amides is 1. The van der Waals surface area contributed by atoms with E-state index in [0.29, 0.717) is 30.2 Å². The van der Waals surface area contributed by atoms with Crippen molar-refractivity contribution in [2.75, 3.05) is 32.7 Å². The van der Waals surface area contributed by atoms with Crippen LogP contribution in [0.15, 0.2) is 4.42 Å². The first-order valence-corrected chi connectivity index (χ1v) is 7.49. The maximum absolute atomic E-state index is 11.9. The molecule has 2 heterocycles. The van der Waals surface area contributed by atoms with Crippen LogP contribution in [-0.4, -0.2) is 64.4 Å². The zero-order valence-corrected chi connectivity index (χ0v) is 13.5. The van der Waals surface area contributed by atoms with Crippen molar-refractivity contribution in [3.05, 3.63) is 10.7 Å². The molecule has 1 aliphatic heterocycles. The number of H-pyrrole nitrogens is 1. The third-order valence-corrected chi connectivity index (χ3v) is 3.32. The minimum absolute atomic E-state index is 0.236. The van der Waals surface area contributed by atoms with E-state index < -0.39 is 5.60 Å². The van der Waals surface area contributed by atoms with Crippen LogP contribution >= 0.6 is 12.2 Å². The molecule has 2 rings (SSSR count). The highest BCUT2D eigenvalue weighted by molar-refractivity contribution is 7.71. The molecule has 0 radical (unpaired) electrons. The number of hydrogen-bond donors (Lipinski definition) is 1. The van der Waals surface area contributed by atoms with E-state index in [0.717, 1.165) is 19.6 Å². The number of aromatic amines is 1. The van der Waals surface area contributed by atoms with E-state index in [2.05, 4.69) is 15.1 Å². The molecular formula is C13H22N4O3S. The second-order valence-corrected chi connectivity index (χ2v) is 6.44. The molecule has 7 nitrogen and oxygen atoms in total. The number of aromatic nitrogens is 2. The fraction of sp³-hybridized carbons (Fsp3) is 0.769. The number of nitrogens with zero attached hydrogens (tertiary/aromatic N) is 3. The second-order valence-electron chi connectivity index (χ2n) is 6.07. The molecule has 0 unspecified atom stereocenters. The van der Waals surface area contributed by atoms with Crippen LogP contribution in [0.5, 0.6) is 0 Å². The average Bonchev–Trinajstić information content (AvgIpc) is 2.81. The SMILES string of the molecule is CC(C)(C)OC(=O)N1CCN(CCc2n[nH]c(=S)o2)CC1. The van der Waals surface area contributed by atoms with Gasteiger partial charge in [-0.05, 0) is 33.0 Å². The molecule has 0 bridgehead atoms. The van der Waals surface area contributed by atoms with Crippen molar-refractivity contribution in [2.45, 2.75) is 32.8 Å². The Balaban J connectivity index is 1.73. The molecule has 1 amide bonds. The molecule has 0 aliphatic carbocycles. The van der Waals surface area contributed by atoms with E-state index in [-0.39, 0.29) is 6.09 Å². The number of ether oxygens (including phenoxy) is 1. The van der Waals surface area contributed by atoms with Gasteiger partial charge in [0.05, 0.1) is 0 Å². The Morgan fingerprint density at radius 1 is 1.38 bits per heavy atom. The molecule has 1 aromatic heterocycles. The number of piperazine rings is 1. The van der Waals surface area contributed by atoms with Gasteiger partial charge in [-0.15, -0.1) is 5.10 Å². The van der Waals surface area contributed by atoms with Crippen LogP contribution in [0.3, 0.4) is 0 Å². The summed E-state index contributed by atoms with van der Waals surface area (Å²) in [7, 11) is 0. The van der Waals surface area contributed by atoms with Gasteiger partial charge >= 0.3 is 6.09 Å². The minimum atomic E-state index is -0.447. The van der Waals surface area contributed by atoms with Gasteiger partial charge in [-0.2, -0.15) is 0 Å². The Hall–Kier alpha value is -1.41. The molecular weight excluding hydrogens is 292 g/mol. The molecule has 0 saturated carbocycles. The summed E-state index contributed by atoms with van der Waals surface area (Å²) in [6, 6.07) is 0. The van der Waals surface area contributed by atoms with Crippen LogP contribution in [0.25, 0.3) is 0 Å². The molecule has 1 fully saturated rings. The van der Waals surface area contributed by atoms with Crippen LogP contribution in [0.4, 0.5) is 4.79 Å². The van der Waals surface area contributed by atoms with E-state index in [1.165, 1.54) is 0 Å². The lowest BCUT2D eigenvalue weighted by Gasteiger charge is -2.35. The van der Waals surface area contributed by atoms with E-state index in [1.807, 2.05) is 20.8 Å². The molecule has 1 N–H and O–H groups in total. The Bertz CT molecular complexity index is 526. The van der Waals surface area contributed by atoms with Gasteiger partial charge in [0.25, 0.3) is 4.84 Å². The molecule has 21 heavy (non-hydrogen) atoms. The summed E-state index contributed by atoms with van der Waals surface area (Å²) < 4.78 is 10.6. The fourth-order valence-corrected chi connectivity index (χ4v) is 2.24. The predicted molar refractivity (Wildman–Crippen MR) is 79.6 cm³/mol.